The second-order valence-electron chi connectivity index (χ2n) is 3.81. The number of thiazole rings is 1. The highest BCUT2D eigenvalue weighted by molar-refractivity contribution is 8.01. The largest absolute Gasteiger partial charge is 0.497 e. The standard InChI is InChI=1S/C13H13NO3S2/c1-8-12(9-3-5-10(17-2)6-4-9)19-13(14-8)18-7-11(15)16/h3-6H,7H2,1-2H3,(H,15,16). The summed E-state index contributed by atoms with van der Waals surface area (Å²) in [6.45, 7) is 1.93. The van der Waals surface area contributed by atoms with E-state index in [0.717, 1.165) is 26.2 Å². The molecule has 0 bridgehead atoms. The number of hydrogen-bond acceptors (Lipinski definition) is 5. The lowest BCUT2D eigenvalue weighted by molar-refractivity contribution is -0.133. The Morgan fingerprint density at radius 2 is 2.11 bits per heavy atom. The fourth-order valence-electron chi connectivity index (χ4n) is 1.57. The zero-order valence-electron chi connectivity index (χ0n) is 10.5. The summed E-state index contributed by atoms with van der Waals surface area (Å²) in [5, 5.41) is 8.67. The third-order valence-corrected chi connectivity index (χ3v) is 4.78. The van der Waals surface area contributed by atoms with Gasteiger partial charge in [0.2, 0.25) is 0 Å². The molecule has 1 N–H and O–H groups in total. The number of carbonyl (C=O) groups is 1. The minimum atomic E-state index is -0.830. The Hall–Kier alpha value is -1.53. The topological polar surface area (TPSA) is 59.4 Å². The molecule has 0 amide bonds. The Morgan fingerprint density at radius 1 is 1.42 bits per heavy atom. The summed E-state index contributed by atoms with van der Waals surface area (Å²) in [4.78, 5) is 16.0. The Balaban J connectivity index is 2.21. The van der Waals surface area contributed by atoms with Gasteiger partial charge in [0.1, 0.15) is 5.75 Å². The number of carboxylic acids is 1. The van der Waals surface area contributed by atoms with Crippen molar-refractivity contribution in [3.05, 3.63) is 30.0 Å². The minimum absolute atomic E-state index is 0.0367. The van der Waals surface area contributed by atoms with Crippen molar-refractivity contribution >= 4 is 29.1 Å². The molecule has 4 nitrogen and oxygen atoms in total. The number of methoxy groups -OCH3 is 1. The smallest absolute Gasteiger partial charge is 0.313 e. The predicted octanol–water partition coefficient (Wildman–Crippen LogP) is 3.30. The second kappa shape index (κ2) is 6.08. The number of aromatic nitrogens is 1. The average Bonchev–Trinajstić information content (AvgIpc) is 2.78. The third kappa shape index (κ3) is 3.48. The van der Waals surface area contributed by atoms with Crippen molar-refractivity contribution < 1.29 is 14.6 Å². The number of nitrogens with zero attached hydrogens (tertiary/aromatic N) is 1. The first-order valence-electron chi connectivity index (χ1n) is 5.56. The number of benzene rings is 1. The van der Waals surface area contributed by atoms with Crippen LogP contribution < -0.4 is 4.74 Å². The molecule has 0 radical (unpaired) electrons. The summed E-state index contributed by atoms with van der Waals surface area (Å²) in [6, 6.07) is 7.76. The molecule has 0 spiro atoms. The molecule has 100 valence electrons. The molecule has 6 heteroatoms. The van der Waals surface area contributed by atoms with E-state index in [-0.39, 0.29) is 5.75 Å². The van der Waals surface area contributed by atoms with Gasteiger partial charge in [-0.25, -0.2) is 4.98 Å². The lowest BCUT2D eigenvalue weighted by Crippen LogP contribution is -1.96. The first kappa shape index (κ1) is 13.9. The van der Waals surface area contributed by atoms with Crippen LogP contribution in [0.15, 0.2) is 28.6 Å². The summed E-state index contributed by atoms with van der Waals surface area (Å²) >= 11 is 2.76. The highest BCUT2D eigenvalue weighted by Gasteiger charge is 2.11. The Morgan fingerprint density at radius 3 is 2.68 bits per heavy atom. The van der Waals surface area contributed by atoms with Crippen molar-refractivity contribution in [1.82, 2.24) is 4.98 Å². The first-order chi connectivity index (χ1) is 9.10. The average molecular weight is 295 g/mol. The van der Waals surface area contributed by atoms with E-state index in [0.29, 0.717) is 0 Å². The van der Waals surface area contributed by atoms with Crippen LogP contribution in [0.3, 0.4) is 0 Å². The maximum Gasteiger partial charge on any atom is 0.313 e. The van der Waals surface area contributed by atoms with Gasteiger partial charge in [-0.05, 0) is 36.8 Å². The van der Waals surface area contributed by atoms with Crippen molar-refractivity contribution in [2.24, 2.45) is 0 Å². The second-order valence-corrected chi connectivity index (χ2v) is 6.03. The van der Waals surface area contributed by atoms with Crippen molar-refractivity contribution in [2.45, 2.75) is 11.3 Å². The first-order valence-corrected chi connectivity index (χ1v) is 7.37. The number of aliphatic carboxylic acids is 1. The van der Waals surface area contributed by atoms with Gasteiger partial charge < -0.3 is 9.84 Å². The van der Waals surface area contributed by atoms with Crippen LogP contribution >= 0.6 is 23.1 Å². The SMILES string of the molecule is COc1ccc(-c2sc(SCC(=O)O)nc2C)cc1. The summed E-state index contributed by atoms with van der Waals surface area (Å²) in [5.41, 5.74) is 1.99. The highest BCUT2D eigenvalue weighted by Crippen LogP contribution is 2.35. The zero-order valence-corrected chi connectivity index (χ0v) is 12.2. The molecule has 0 unspecified atom stereocenters. The van der Waals surface area contributed by atoms with Crippen LogP contribution in [-0.2, 0) is 4.79 Å². The molecule has 1 aromatic carbocycles. The van der Waals surface area contributed by atoms with E-state index in [2.05, 4.69) is 4.98 Å². The predicted molar refractivity (Wildman–Crippen MR) is 77.2 cm³/mol. The number of thioether (sulfide) groups is 1. The Kier molecular flexibility index (Phi) is 4.44. The molecular weight excluding hydrogens is 282 g/mol. The Labute approximate surface area is 119 Å². The van der Waals surface area contributed by atoms with E-state index in [1.54, 1.807) is 7.11 Å². The Bertz CT molecular complexity index is 578. The number of carboxylic acid groups (broad SMARTS) is 1. The molecule has 0 aliphatic heterocycles. The number of hydrogen-bond donors (Lipinski definition) is 1. The van der Waals surface area contributed by atoms with Crippen LogP contribution in [0.25, 0.3) is 10.4 Å². The van der Waals surface area contributed by atoms with E-state index in [4.69, 9.17) is 9.84 Å². The van der Waals surface area contributed by atoms with Crippen molar-refractivity contribution in [1.29, 1.82) is 0 Å². The molecular formula is C13H13NO3S2. The van der Waals surface area contributed by atoms with Gasteiger partial charge in [-0.1, -0.05) is 11.8 Å². The summed E-state index contributed by atoms with van der Waals surface area (Å²) in [7, 11) is 1.63. The summed E-state index contributed by atoms with van der Waals surface area (Å²) < 4.78 is 5.91. The van der Waals surface area contributed by atoms with Crippen LogP contribution in [-0.4, -0.2) is 28.9 Å². The summed E-state index contributed by atoms with van der Waals surface area (Å²) in [5.74, 6) is 0.0184. The highest BCUT2D eigenvalue weighted by atomic mass is 32.2. The van der Waals surface area contributed by atoms with Gasteiger partial charge in [-0.15, -0.1) is 11.3 Å². The van der Waals surface area contributed by atoms with Gasteiger partial charge in [-0.3, -0.25) is 4.79 Å². The van der Waals surface area contributed by atoms with Crippen molar-refractivity contribution in [2.75, 3.05) is 12.9 Å². The molecule has 0 aliphatic carbocycles. The number of ether oxygens (including phenoxy) is 1. The van der Waals surface area contributed by atoms with E-state index in [9.17, 15) is 4.79 Å². The molecule has 0 saturated heterocycles. The third-order valence-electron chi connectivity index (χ3n) is 2.45. The molecule has 1 heterocycles. The van der Waals surface area contributed by atoms with E-state index >= 15 is 0 Å². The van der Waals surface area contributed by atoms with Crippen molar-refractivity contribution in [3.8, 4) is 16.2 Å². The maximum atomic E-state index is 10.5. The fraction of sp³-hybridized carbons (Fsp3) is 0.231. The lowest BCUT2D eigenvalue weighted by atomic mass is 10.1. The molecule has 0 atom stereocenters. The van der Waals surface area contributed by atoms with Crippen LogP contribution in [0.2, 0.25) is 0 Å². The van der Waals surface area contributed by atoms with E-state index < -0.39 is 5.97 Å². The maximum absolute atomic E-state index is 10.5. The van der Waals surface area contributed by atoms with E-state index in [1.807, 2.05) is 31.2 Å². The fourth-order valence-corrected chi connectivity index (χ4v) is 3.48. The van der Waals surface area contributed by atoms with Crippen molar-refractivity contribution in [3.63, 3.8) is 0 Å². The van der Waals surface area contributed by atoms with Gasteiger partial charge in [0.05, 0.1) is 23.4 Å². The molecule has 19 heavy (non-hydrogen) atoms. The zero-order chi connectivity index (χ0) is 13.8. The van der Waals surface area contributed by atoms with Gasteiger partial charge in [-0.2, -0.15) is 0 Å². The molecule has 2 rings (SSSR count). The van der Waals surface area contributed by atoms with Crippen LogP contribution in [0.4, 0.5) is 0 Å². The minimum Gasteiger partial charge on any atom is -0.497 e. The molecule has 0 fully saturated rings. The number of aryl methyl sites for hydroxylation is 1. The van der Waals surface area contributed by atoms with Gasteiger partial charge in [0.15, 0.2) is 4.34 Å². The molecule has 1 aromatic heterocycles. The summed E-state index contributed by atoms with van der Waals surface area (Å²) in [6.07, 6.45) is 0. The molecule has 0 saturated carbocycles. The van der Waals surface area contributed by atoms with Gasteiger partial charge >= 0.3 is 5.97 Å². The lowest BCUT2D eigenvalue weighted by Gasteiger charge is -2.01. The quantitative estimate of drug-likeness (QED) is 0.858. The van der Waals surface area contributed by atoms with E-state index in [1.165, 1.54) is 23.1 Å². The van der Waals surface area contributed by atoms with Crippen LogP contribution in [0.1, 0.15) is 5.69 Å². The monoisotopic (exact) mass is 295 g/mol. The van der Waals surface area contributed by atoms with Gasteiger partial charge in [0, 0.05) is 0 Å². The molecule has 0 aliphatic rings. The van der Waals surface area contributed by atoms with Crippen LogP contribution in [0.5, 0.6) is 5.75 Å². The van der Waals surface area contributed by atoms with Crippen LogP contribution in [0, 0.1) is 6.92 Å². The molecule has 2 aromatic rings. The normalized spacial score (nSPS) is 10.4. The van der Waals surface area contributed by atoms with Gasteiger partial charge in [0.25, 0.3) is 0 Å². The number of rotatable bonds is 5.